The van der Waals surface area contributed by atoms with Crippen LogP contribution in [0.4, 0.5) is 24.8 Å². The van der Waals surface area contributed by atoms with Crippen molar-refractivity contribution < 1.29 is 13.2 Å². The van der Waals surface area contributed by atoms with E-state index in [0.717, 1.165) is 31.5 Å². The van der Waals surface area contributed by atoms with Crippen LogP contribution in [0, 0.1) is 5.92 Å². The lowest BCUT2D eigenvalue weighted by Crippen LogP contribution is -2.43. The monoisotopic (exact) mass is 273 g/mol. The fourth-order valence-electron chi connectivity index (χ4n) is 2.51. The molecule has 0 bridgehead atoms. The molecule has 1 aliphatic heterocycles. The molecule has 2 N–H and O–H groups in total. The van der Waals surface area contributed by atoms with Crippen LogP contribution in [0.2, 0.25) is 0 Å². The molecule has 0 aromatic carbocycles. The van der Waals surface area contributed by atoms with Gasteiger partial charge >= 0.3 is 6.18 Å². The van der Waals surface area contributed by atoms with Gasteiger partial charge in [-0.15, -0.1) is 0 Å². The van der Waals surface area contributed by atoms with Crippen LogP contribution in [0.15, 0.2) is 12.1 Å². The van der Waals surface area contributed by atoms with Gasteiger partial charge in [0, 0.05) is 12.6 Å². The average Bonchev–Trinajstić information content (AvgIpc) is 2.31. The van der Waals surface area contributed by atoms with Crippen LogP contribution < -0.4 is 10.6 Å². The second-order valence-electron chi connectivity index (χ2n) is 5.19. The molecule has 1 aromatic heterocycles. The van der Waals surface area contributed by atoms with E-state index in [1.54, 1.807) is 0 Å². The SMILES string of the molecule is CC1CCCN(c2cc(C(F)(F)F)cc(N)n2)C1C. The smallest absolute Gasteiger partial charge is 0.384 e. The third-order valence-electron chi connectivity index (χ3n) is 3.83. The molecule has 19 heavy (non-hydrogen) atoms. The van der Waals surface area contributed by atoms with Crippen LogP contribution in [0.25, 0.3) is 0 Å². The van der Waals surface area contributed by atoms with E-state index >= 15 is 0 Å². The van der Waals surface area contributed by atoms with E-state index in [4.69, 9.17) is 5.73 Å². The minimum Gasteiger partial charge on any atom is -0.384 e. The molecule has 0 radical (unpaired) electrons. The normalized spacial score (nSPS) is 24.6. The zero-order valence-corrected chi connectivity index (χ0v) is 11.0. The third-order valence-corrected chi connectivity index (χ3v) is 3.83. The Morgan fingerprint density at radius 3 is 2.63 bits per heavy atom. The highest BCUT2D eigenvalue weighted by Crippen LogP contribution is 2.34. The molecular weight excluding hydrogens is 255 g/mol. The summed E-state index contributed by atoms with van der Waals surface area (Å²) in [5.74, 6) is 0.674. The number of aromatic nitrogens is 1. The number of nitrogens with zero attached hydrogens (tertiary/aromatic N) is 2. The van der Waals surface area contributed by atoms with Crippen LogP contribution in [-0.2, 0) is 6.18 Å². The van der Waals surface area contributed by atoms with E-state index in [2.05, 4.69) is 11.9 Å². The van der Waals surface area contributed by atoms with Crippen molar-refractivity contribution in [1.82, 2.24) is 4.98 Å². The minimum atomic E-state index is -4.39. The molecule has 106 valence electrons. The Balaban J connectivity index is 2.36. The number of rotatable bonds is 1. The van der Waals surface area contributed by atoms with Gasteiger partial charge in [0.25, 0.3) is 0 Å². The van der Waals surface area contributed by atoms with Crippen LogP contribution in [-0.4, -0.2) is 17.6 Å². The highest BCUT2D eigenvalue weighted by molar-refractivity contribution is 5.50. The summed E-state index contributed by atoms with van der Waals surface area (Å²) in [7, 11) is 0. The molecule has 1 aromatic rings. The molecule has 2 heterocycles. The molecule has 2 rings (SSSR count). The lowest BCUT2D eigenvalue weighted by atomic mass is 9.92. The van der Waals surface area contributed by atoms with E-state index in [1.807, 2.05) is 11.8 Å². The summed E-state index contributed by atoms with van der Waals surface area (Å²) in [6.45, 7) is 4.84. The number of hydrogen-bond donors (Lipinski definition) is 1. The van der Waals surface area contributed by atoms with Gasteiger partial charge in [0.1, 0.15) is 11.6 Å². The van der Waals surface area contributed by atoms with Crippen LogP contribution >= 0.6 is 0 Å². The summed E-state index contributed by atoms with van der Waals surface area (Å²) in [5.41, 5.74) is 4.77. The maximum absolute atomic E-state index is 12.8. The van der Waals surface area contributed by atoms with Gasteiger partial charge in [-0.3, -0.25) is 0 Å². The molecule has 1 aliphatic rings. The Hall–Kier alpha value is -1.46. The quantitative estimate of drug-likeness (QED) is 0.853. The molecule has 1 saturated heterocycles. The van der Waals surface area contributed by atoms with Gasteiger partial charge in [0.15, 0.2) is 0 Å². The van der Waals surface area contributed by atoms with Crippen molar-refractivity contribution in [2.24, 2.45) is 5.92 Å². The third kappa shape index (κ3) is 2.93. The Bertz CT molecular complexity index is 459. The highest BCUT2D eigenvalue weighted by Gasteiger charge is 2.33. The molecule has 0 aliphatic carbocycles. The first-order valence-corrected chi connectivity index (χ1v) is 6.40. The predicted octanol–water partition coefficient (Wildman–Crippen LogP) is 3.31. The maximum atomic E-state index is 12.8. The first-order chi connectivity index (χ1) is 8.79. The van der Waals surface area contributed by atoms with Gasteiger partial charge in [-0.25, -0.2) is 4.98 Å². The van der Waals surface area contributed by atoms with E-state index < -0.39 is 11.7 Å². The van der Waals surface area contributed by atoms with Crippen molar-refractivity contribution >= 4 is 11.6 Å². The number of alkyl halides is 3. The molecular formula is C13H18F3N3. The Kier molecular flexibility index (Phi) is 3.60. The van der Waals surface area contributed by atoms with Crippen molar-refractivity contribution in [1.29, 1.82) is 0 Å². The van der Waals surface area contributed by atoms with Crippen LogP contribution in [0.3, 0.4) is 0 Å². The largest absolute Gasteiger partial charge is 0.416 e. The number of anilines is 2. The molecule has 2 unspecified atom stereocenters. The number of nitrogen functional groups attached to an aromatic ring is 1. The molecule has 2 atom stereocenters. The van der Waals surface area contributed by atoms with Crippen molar-refractivity contribution in [3.8, 4) is 0 Å². The Morgan fingerprint density at radius 2 is 2.00 bits per heavy atom. The molecule has 0 saturated carbocycles. The number of nitrogens with two attached hydrogens (primary N) is 1. The topological polar surface area (TPSA) is 42.1 Å². The molecule has 0 spiro atoms. The van der Waals surface area contributed by atoms with E-state index in [1.165, 1.54) is 0 Å². The lowest BCUT2D eigenvalue weighted by Gasteiger charge is -2.39. The van der Waals surface area contributed by atoms with Gasteiger partial charge in [-0.2, -0.15) is 13.2 Å². The zero-order chi connectivity index (χ0) is 14.2. The van der Waals surface area contributed by atoms with Crippen molar-refractivity contribution in [2.75, 3.05) is 17.2 Å². The molecule has 1 fully saturated rings. The fraction of sp³-hybridized carbons (Fsp3) is 0.615. The predicted molar refractivity (Wildman–Crippen MR) is 68.9 cm³/mol. The summed E-state index contributed by atoms with van der Waals surface area (Å²) < 4.78 is 38.4. The van der Waals surface area contributed by atoms with E-state index in [0.29, 0.717) is 11.7 Å². The van der Waals surface area contributed by atoms with E-state index in [-0.39, 0.29) is 11.9 Å². The Labute approximate surface area is 110 Å². The summed E-state index contributed by atoms with van der Waals surface area (Å²) in [5, 5.41) is 0. The highest BCUT2D eigenvalue weighted by atomic mass is 19.4. The summed E-state index contributed by atoms with van der Waals surface area (Å²) in [6, 6.07) is 2.14. The minimum absolute atomic E-state index is 0.0877. The standard InChI is InChI=1S/C13H18F3N3/c1-8-4-3-5-19(9(8)2)12-7-10(13(14,15)16)6-11(17)18-12/h6-9H,3-5H2,1-2H3,(H2,17,18). The van der Waals surface area contributed by atoms with Gasteiger partial charge in [0.05, 0.1) is 5.56 Å². The van der Waals surface area contributed by atoms with Gasteiger partial charge in [-0.05, 0) is 37.8 Å². The molecule has 3 nitrogen and oxygen atoms in total. The van der Waals surface area contributed by atoms with E-state index in [9.17, 15) is 13.2 Å². The molecule has 6 heteroatoms. The zero-order valence-electron chi connectivity index (χ0n) is 11.0. The van der Waals surface area contributed by atoms with Crippen LogP contribution in [0.1, 0.15) is 32.3 Å². The number of hydrogen-bond acceptors (Lipinski definition) is 3. The Morgan fingerprint density at radius 1 is 1.32 bits per heavy atom. The van der Waals surface area contributed by atoms with Crippen LogP contribution in [0.5, 0.6) is 0 Å². The van der Waals surface area contributed by atoms with Gasteiger partial charge in [0.2, 0.25) is 0 Å². The fourth-order valence-corrected chi connectivity index (χ4v) is 2.51. The van der Waals surface area contributed by atoms with Gasteiger partial charge in [-0.1, -0.05) is 6.92 Å². The lowest BCUT2D eigenvalue weighted by molar-refractivity contribution is -0.137. The first-order valence-electron chi connectivity index (χ1n) is 6.40. The summed E-state index contributed by atoms with van der Waals surface area (Å²) in [4.78, 5) is 5.98. The maximum Gasteiger partial charge on any atom is 0.416 e. The average molecular weight is 273 g/mol. The second-order valence-corrected chi connectivity index (χ2v) is 5.19. The van der Waals surface area contributed by atoms with Crippen molar-refractivity contribution in [3.05, 3.63) is 17.7 Å². The van der Waals surface area contributed by atoms with Crippen molar-refractivity contribution in [3.63, 3.8) is 0 Å². The number of halogens is 3. The summed E-state index contributed by atoms with van der Waals surface area (Å²) in [6.07, 6.45) is -2.34. The summed E-state index contributed by atoms with van der Waals surface area (Å²) >= 11 is 0. The number of piperidine rings is 1. The van der Waals surface area contributed by atoms with Crippen molar-refractivity contribution in [2.45, 2.75) is 38.9 Å². The van der Waals surface area contributed by atoms with Gasteiger partial charge < -0.3 is 10.6 Å². The molecule has 0 amide bonds. The number of pyridine rings is 1. The first kappa shape index (κ1) is 14.0. The second kappa shape index (κ2) is 4.90.